The molecule has 0 spiro atoms. The predicted molar refractivity (Wildman–Crippen MR) is 85.8 cm³/mol. The zero-order valence-electron chi connectivity index (χ0n) is 11.4. The third-order valence-corrected chi connectivity index (χ3v) is 4.55. The van der Waals surface area contributed by atoms with Crippen molar-refractivity contribution in [3.8, 4) is 0 Å². The lowest BCUT2D eigenvalue weighted by Crippen LogP contribution is -2.41. The van der Waals surface area contributed by atoms with Crippen LogP contribution in [0.15, 0.2) is 53.1 Å². The van der Waals surface area contributed by atoms with Gasteiger partial charge in [0.15, 0.2) is 0 Å². The highest BCUT2D eigenvalue weighted by atomic mass is 79.9. The molecule has 0 atom stereocenters. The maximum absolute atomic E-state index is 4.35. The Balaban J connectivity index is 1.39. The van der Waals surface area contributed by atoms with Crippen LogP contribution in [-0.2, 0) is 6.42 Å². The average Bonchev–Trinajstić information content (AvgIpc) is 2.44. The molecule has 0 bridgehead atoms. The monoisotopic (exact) mass is 330 g/mol. The molecular formula is C17H19BrN2. The molecule has 3 rings (SSSR count). The van der Waals surface area contributed by atoms with Crippen molar-refractivity contribution in [1.82, 2.24) is 10.3 Å². The molecule has 0 unspecified atom stereocenters. The van der Waals surface area contributed by atoms with E-state index in [1.165, 1.54) is 24.1 Å². The molecule has 1 aromatic heterocycles. The molecule has 20 heavy (non-hydrogen) atoms. The fraction of sp³-hybridized carbons (Fsp3) is 0.353. The summed E-state index contributed by atoms with van der Waals surface area (Å²) in [5.41, 5.74) is 2.64. The first-order valence-corrected chi connectivity index (χ1v) is 7.99. The van der Waals surface area contributed by atoms with Gasteiger partial charge in [0.05, 0.1) is 0 Å². The maximum atomic E-state index is 4.35. The van der Waals surface area contributed by atoms with E-state index in [0.717, 1.165) is 23.4 Å². The first kappa shape index (κ1) is 13.8. The van der Waals surface area contributed by atoms with Crippen LogP contribution in [0.3, 0.4) is 0 Å². The third kappa shape index (κ3) is 3.47. The molecule has 1 saturated carbocycles. The van der Waals surface area contributed by atoms with Crippen molar-refractivity contribution in [2.75, 3.05) is 6.54 Å². The molecule has 0 aliphatic heterocycles. The van der Waals surface area contributed by atoms with Crippen molar-refractivity contribution >= 4 is 15.9 Å². The zero-order valence-corrected chi connectivity index (χ0v) is 13.0. The Bertz CT molecular complexity index is 533. The van der Waals surface area contributed by atoms with E-state index in [0.29, 0.717) is 6.04 Å². The van der Waals surface area contributed by atoms with Gasteiger partial charge >= 0.3 is 0 Å². The van der Waals surface area contributed by atoms with E-state index in [1.807, 2.05) is 12.3 Å². The van der Waals surface area contributed by atoms with Crippen molar-refractivity contribution < 1.29 is 0 Å². The molecular weight excluding hydrogens is 312 g/mol. The highest BCUT2D eigenvalue weighted by Crippen LogP contribution is 2.37. The Morgan fingerprint density at radius 3 is 2.60 bits per heavy atom. The predicted octanol–water partition coefficient (Wildman–Crippen LogP) is 3.92. The number of nitrogens with one attached hydrogen (secondary N) is 1. The Kier molecular flexibility index (Phi) is 4.48. The minimum Gasteiger partial charge on any atom is -0.314 e. The van der Waals surface area contributed by atoms with E-state index in [1.54, 1.807) is 0 Å². The van der Waals surface area contributed by atoms with Gasteiger partial charge in [-0.2, -0.15) is 0 Å². The van der Waals surface area contributed by atoms with Gasteiger partial charge in [0.25, 0.3) is 0 Å². The van der Waals surface area contributed by atoms with Gasteiger partial charge in [-0.1, -0.05) is 34.1 Å². The standard InChI is InChI=1S/C17H19BrN2/c18-15-6-4-13(5-7-15)14-11-17(12-14)20-10-8-16-3-1-2-9-19-16/h1-7,9,14,17,20H,8,10-12H2. The maximum Gasteiger partial charge on any atom is 0.0416 e. The van der Waals surface area contributed by atoms with Gasteiger partial charge in [-0.3, -0.25) is 4.98 Å². The number of benzene rings is 1. The lowest BCUT2D eigenvalue weighted by atomic mass is 9.76. The molecule has 0 radical (unpaired) electrons. The minimum atomic E-state index is 0.673. The molecule has 1 aromatic carbocycles. The zero-order chi connectivity index (χ0) is 13.8. The second-order valence-corrected chi connectivity index (χ2v) is 6.36. The molecule has 1 heterocycles. The van der Waals surface area contributed by atoms with Crippen LogP contribution in [0.4, 0.5) is 0 Å². The van der Waals surface area contributed by atoms with E-state index >= 15 is 0 Å². The lowest BCUT2D eigenvalue weighted by Gasteiger charge is -2.36. The normalized spacial score (nSPS) is 21.4. The second-order valence-electron chi connectivity index (χ2n) is 5.44. The van der Waals surface area contributed by atoms with Gasteiger partial charge in [0.1, 0.15) is 0 Å². The second kappa shape index (κ2) is 6.51. The van der Waals surface area contributed by atoms with Crippen LogP contribution < -0.4 is 5.32 Å². The van der Waals surface area contributed by atoms with Crippen molar-refractivity contribution in [3.05, 3.63) is 64.4 Å². The van der Waals surface area contributed by atoms with Gasteiger partial charge in [-0.05, 0) is 48.6 Å². The van der Waals surface area contributed by atoms with Crippen molar-refractivity contribution in [2.24, 2.45) is 0 Å². The molecule has 104 valence electrons. The van der Waals surface area contributed by atoms with Crippen molar-refractivity contribution in [2.45, 2.75) is 31.2 Å². The van der Waals surface area contributed by atoms with E-state index in [4.69, 9.17) is 0 Å². The largest absolute Gasteiger partial charge is 0.314 e. The summed E-state index contributed by atoms with van der Waals surface area (Å²) in [6.45, 7) is 1.02. The van der Waals surface area contributed by atoms with E-state index in [-0.39, 0.29) is 0 Å². The van der Waals surface area contributed by atoms with Gasteiger partial charge in [0.2, 0.25) is 0 Å². The fourth-order valence-electron chi connectivity index (χ4n) is 2.74. The third-order valence-electron chi connectivity index (χ3n) is 4.02. The van der Waals surface area contributed by atoms with Gasteiger partial charge in [-0.15, -0.1) is 0 Å². The number of nitrogens with zero attached hydrogens (tertiary/aromatic N) is 1. The number of rotatable bonds is 5. The van der Waals surface area contributed by atoms with Crippen LogP contribution in [0, 0.1) is 0 Å². The molecule has 1 N–H and O–H groups in total. The molecule has 1 aliphatic rings. The van der Waals surface area contributed by atoms with Crippen LogP contribution in [0.2, 0.25) is 0 Å². The number of hydrogen-bond donors (Lipinski definition) is 1. The van der Waals surface area contributed by atoms with Gasteiger partial charge in [-0.25, -0.2) is 0 Å². The van der Waals surface area contributed by atoms with Crippen LogP contribution in [0.5, 0.6) is 0 Å². The summed E-state index contributed by atoms with van der Waals surface area (Å²) in [6, 6.07) is 15.5. The van der Waals surface area contributed by atoms with Crippen LogP contribution in [0.1, 0.15) is 30.0 Å². The number of aromatic nitrogens is 1. The van der Waals surface area contributed by atoms with Crippen molar-refractivity contribution in [1.29, 1.82) is 0 Å². The van der Waals surface area contributed by atoms with Gasteiger partial charge < -0.3 is 5.32 Å². The van der Waals surface area contributed by atoms with Crippen molar-refractivity contribution in [3.63, 3.8) is 0 Å². The Labute approximate surface area is 128 Å². The fourth-order valence-corrected chi connectivity index (χ4v) is 3.01. The average molecular weight is 331 g/mol. The Hall–Kier alpha value is -1.19. The Morgan fingerprint density at radius 2 is 1.90 bits per heavy atom. The molecule has 1 fully saturated rings. The first-order chi connectivity index (χ1) is 9.81. The smallest absolute Gasteiger partial charge is 0.0416 e. The topological polar surface area (TPSA) is 24.9 Å². The molecule has 0 saturated heterocycles. The first-order valence-electron chi connectivity index (χ1n) is 7.20. The molecule has 3 heteroatoms. The summed E-state index contributed by atoms with van der Waals surface area (Å²) in [5.74, 6) is 0.732. The highest BCUT2D eigenvalue weighted by Gasteiger charge is 2.29. The van der Waals surface area contributed by atoms with Crippen LogP contribution in [-0.4, -0.2) is 17.6 Å². The van der Waals surface area contributed by atoms with E-state index in [9.17, 15) is 0 Å². The molecule has 2 aromatic rings. The molecule has 1 aliphatic carbocycles. The van der Waals surface area contributed by atoms with E-state index in [2.05, 4.69) is 62.6 Å². The quantitative estimate of drug-likeness (QED) is 0.898. The summed E-state index contributed by atoms with van der Waals surface area (Å²) in [4.78, 5) is 4.35. The highest BCUT2D eigenvalue weighted by molar-refractivity contribution is 9.10. The summed E-state index contributed by atoms with van der Waals surface area (Å²) >= 11 is 3.48. The Morgan fingerprint density at radius 1 is 1.10 bits per heavy atom. The number of halogens is 1. The van der Waals surface area contributed by atoms with Crippen LogP contribution >= 0.6 is 15.9 Å². The summed E-state index contributed by atoms with van der Waals surface area (Å²) in [6.07, 6.45) is 5.39. The number of hydrogen-bond acceptors (Lipinski definition) is 2. The summed E-state index contributed by atoms with van der Waals surface area (Å²) < 4.78 is 1.16. The minimum absolute atomic E-state index is 0.673. The number of pyridine rings is 1. The molecule has 0 amide bonds. The lowest BCUT2D eigenvalue weighted by molar-refractivity contribution is 0.292. The summed E-state index contributed by atoms with van der Waals surface area (Å²) in [7, 11) is 0. The van der Waals surface area contributed by atoms with E-state index < -0.39 is 0 Å². The summed E-state index contributed by atoms with van der Waals surface area (Å²) in [5, 5.41) is 3.63. The molecule has 2 nitrogen and oxygen atoms in total. The van der Waals surface area contributed by atoms with Crippen LogP contribution in [0.25, 0.3) is 0 Å². The SMILES string of the molecule is Brc1ccc(C2CC(NCCc3ccccn3)C2)cc1. The van der Waals surface area contributed by atoms with Gasteiger partial charge in [0, 0.05) is 35.4 Å².